The average molecular weight is 244 g/mol. The molecule has 4 saturated carbocycles. The van der Waals surface area contributed by atoms with Gasteiger partial charge < -0.3 is 4.90 Å². The Balaban J connectivity index is 1.75. The molecule has 0 aliphatic heterocycles. The van der Waals surface area contributed by atoms with Gasteiger partial charge in [-0.25, -0.2) is 0 Å². The van der Waals surface area contributed by atoms with Crippen LogP contribution >= 0.6 is 0 Å². The fourth-order valence-electron chi connectivity index (χ4n) is 4.78. The van der Waals surface area contributed by atoms with Crippen LogP contribution in [0.2, 0.25) is 0 Å². The average Bonchev–Trinajstić information content (AvgIpc) is 2.34. The summed E-state index contributed by atoms with van der Waals surface area (Å²) in [5, 5.41) is 8.53. The van der Waals surface area contributed by atoms with Crippen molar-refractivity contribution in [2.24, 2.45) is 29.6 Å². The molecule has 4 bridgehead atoms. The molecular formula is C15H20N2O. The van der Waals surface area contributed by atoms with Gasteiger partial charge in [0, 0.05) is 25.2 Å². The highest BCUT2D eigenvalue weighted by atomic mass is 16.2. The van der Waals surface area contributed by atoms with E-state index in [1.807, 2.05) is 6.07 Å². The maximum atomic E-state index is 12.5. The van der Waals surface area contributed by atoms with Crippen molar-refractivity contribution in [1.29, 1.82) is 5.26 Å². The van der Waals surface area contributed by atoms with Crippen LogP contribution in [-0.2, 0) is 4.79 Å². The summed E-state index contributed by atoms with van der Waals surface area (Å²) in [6, 6.07) is 1.95. The minimum Gasteiger partial charge on any atom is -0.321 e. The second-order valence-electron chi connectivity index (χ2n) is 6.35. The molecule has 3 nitrogen and oxygen atoms in total. The number of carbonyl (C=O) groups excluding carboxylic acids is 1. The zero-order valence-electron chi connectivity index (χ0n) is 10.9. The number of amides is 1. The normalized spacial score (nSPS) is 41.0. The summed E-state index contributed by atoms with van der Waals surface area (Å²) in [6.07, 6.45) is 9.45. The van der Waals surface area contributed by atoms with Crippen LogP contribution in [0.1, 0.15) is 32.1 Å². The molecule has 96 valence electrons. The summed E-state index contributed by atoms with van der Waals surface area (Å²) in [4.78, 5) is 14.1. The van der Waals surface area contributed by atoms with Crippen molar-refractivity contribution in [1.82, 2.24) is 4.90 Å². The van der Waals surface area contributed by atoms with Gasteiger partial charge in [-0.15, -0.1) is 0 Å². The highest BCUT2D eigenvalue weighted by molar-refractivity contribution is 5.80. The van der Waals surface area contributed by atoms with Gasteiger partial charge >= 0.3 is 0 Å². The largest absolute Gasteiger partial charge is 0.321 e. The smallest absolute Gasteiger partial charge is 0.229 e. The molecule has 0 aromatic rings. The Morgan fingerprint density at radius 3 is 2.22 bits per heavy atom. The minimum absolute atomic E-state index is 0.228. The Bertz CT molecular complexity index is 393. The van der Waals surface area contributed by atoms with Crippen LogP contribution < -0.4 is 0 Å². The van der Waals surface area contributed by atoms with Crippen molar-refractivity contribution in [3.05, 3.63) is 12.3 Å². The van der Waals surface area contributed by atoms with Gasteiger partial charge in [0.25, 0.3) is 0 Å². The Labute approximate surface area is 108 Å². The van der Waals surface area contributed by atoms with E-state index < -0.39 is 0 Å². The van der Waals surface area contributed by atoms with E-state index in [9.17, 15) is 4.79 Å². The van der Waals surface area contributed by atoms with Crippen LogP contribution in [0.25, 0.3) is 0 Å². The molecule has 0 aromatic heterocycles. The molecular weight excluding hydrogens is 224 g/mol. The first-order chi connectivity index (χ1) is 8.69. The highest BCUT2D eigenvalue weighted by Crippen LogP contribution is 2.56. The van der Waals surface area contributed by atoms with Crippen LogP contribution in [0.4, 0.5) is 0 Å². The second-order valence-corrected chi connectivity index (χ2v) is 6.35. The van der Waals surface area contributed by atoms with E-state index in [1.165, 1.54) is 38.2 Å². The van der Waals surface area contributed by atoms with Gasteiger partial charge in [0.05, 0.1) is 6.07 Å². The summed E-state index contributed by atoms with van der Waals surface area (Å²) >= 11 is 0. The summed E-state index contributed by atoms with van der Waals surface area (Å²) in [5.74, 6) is 3.49. The summed E-state index contributed by atoms with van der Waals surface area (Å²) in [6.45, 7) is 0. The number of hydrogen-bond acceptors (Lipinski definition) is 2. The maximum absolute atomic E-state index is 12.5. The van der Waals surface area contributed by atoms with E-state index in [0.717, 1.165) is 11.8 Å². The standard InChI is InChI=1S/C15H20N2O/c1-17(4-2-3-16)15(18)14-12-6-10-5-11(8-12)9-13(14)7-10/h2,4,10-14H,5-9H2,1H3/b4-2-. The van der Waals surface area contributed by atoms with Gasteiger partial charge in [-0.05, 0) is 55.8 Å². The number of carbonyl (C=O) groups is 1. The lowest BCUT2D eigenvalue weighted by atomic mass is 9.51. The Morgan fingerprint density at radius 2 is 1.72 bits per heavy atom. The van der Waals surface area contributed by atoms with Gasteiger partial charge in [-0.1, -0.05) is 0 Å². The monoisotopic (exact) mass is 244 g/mol. The molecule has 0 radical (unpaired) electrons. The SMILES string of the molecule is CN(/C=C\C#N)C(=O)C1C2CC3CC(C2)CC1C3. The van der Waals surface area contributed by atoms with Crippen LogP contribution in [0.5, 0.6) is 0 Å². The number of allylic oxidation sites excluding steroid dienone is 1. The van der Waals surface area contributed by atoms with Gasteiger partial charge in [-0.3, -0.25) is 4.79 Å². The predicted molar refractivity (Wildman–Crippen MR) is 68.1 cm³/mol. The fraction of sp³-hybridized carbons (Fsp3) is 0.733. The summed E-state index contributed by atoms with van der Waals surface area (Å²) in [5.41, 5.74) is 0. The quantitative estimate of drug-likeness (QED) is 0.701. The molecule has 4 rings (SSSR count). The molecule has 18 heavy (non-hydrogen) atoms. The van der Waals surface area contributed by atoms with E-state index in [0.29, 0.717) is 11.8 Å². The lowest BCUT2D eigenvalue weighted by molar-refractivity contribution is -0.145. The highest BCUT2D eigenvalue weighted by Gasteiger charge is 2.51. The zero-order chi connectivity index (χ0) is 12.7. The molecule has 0 N–H and O–H groups in total. The van der Waals surface area contributed by atoms with Crippen molar-refractivity contribution in [2.45, 2.75) is 32.1 Å². The topological polar surface area (TPSA) is 44.1 Å². The molecule has 0 saturated heterocycles. The van der Waals surface area contributed by atoms with Crippen LogP contribution in [0.15, 0.2) is 12.3 Å². The number of nitriles is 1. The van der Waals surface area contributed by atoms with E-state index in [1.54, 1.807) is 18.1 Å². The van der Waals surface area contributed by atoms with Gasteiger partial charge in [0.2, 0.25) is 5.91 Å². The van der Waals surface area contributed by atoms with Crippen molar-refractivity contribution >= 4 is 5.91 Å². The summed E-state index contributed by atoms with van der Waals surface area (Å²) < 4.78 is 0. The number of hydrogen-bond donors (Lipinski definition) is 0. The third-order valence-electron chi connectivity index (χ3n) is 5.23. The molecule has 1 amide bonds. The van der Waals surface area contributed by atoms with Crippen LogP contribution in [0, 0.1) is 40.9 Å². The zero-order valence-corrected chi connectivity index (χ0v) is 10.9. The molecule has 0 heterocycles. The molecule has 0 spiro atoms. The lowest BCUT2D eigenvalue weighted by Crippen LogP contribution is -2.50. The second kappa shape index (κ2) is 4.42. The van der Waals surface area contributed by atoms with E-state index >= 15 is 0 Å². The third kappa shape index (κ3) is 1.84. The maximum Gasteiger partial charge on any atom is 0.229 e. The first-order valence-corrected chi connectivity index (χ1v) is 7.02. The minimum atomic E-state index is 0.228. The molecule has 4 aliphatic rings. The van der Waals surface area contributed by atoms with E-state index in [2.05, 4.69) is 0 Å². The van der Waals surface area contributed by atoms with E-state index in [-0.39, 0.29) is 11.8 Å². The fourth-order valence-corrected chi connectivity index (χ4v) is 4.78. The Hall–Kier alpha value is -1.30. The Morgan fingerprint density at radius 1 is 1.17 bits per heavy atom. The first-order valence-electron chi connectivity index (χ1n) is 7.02. The molecule has 4 aliphatic carbocycles. The number of rotatable bonds is 2. The van der Waals surface area contributed by atoms with Gasteiger partial charge in [-0.2, -0.15) is 5.26 Å². The number of nitrogens with zero attached hydrogens (tertiary/aromatic N) is 2. The molecule has 3 heteroatoms. The predicted octanol–water partition coefficient (Wildman–Crippen LogP) is 2.55. The van der Waals surface area contributed by atoms with Crippen molar-refractivity contribution < 1.29 is 4.79 Å². The first kappa shape index (κ1) is 11.8. The molecule has 0 aromatic carbocycles. The molecule has 4 fully saturated rings. The van der Waals surface area contributed by atoms with Crippen LogP contribution in [0.3, 0.4) is 0 Å². The summed E-state index contributed by atoms with van der Waals surface area (Å²) in [7, 11) is 1.78. The van der Waals surface area contributed by atoms with Crippen molar-refractivity contribution in [2.75, 3.05) is 7.05 Å². The van der Waals surface area contributed by atoms with Gasteiger partial charge in [0.15, 0.2) is 0 Å². The Kier molecular flexibility index (Phi) is 2.89. The van der Waals surface area contributed by atoms with Crippen molar-refractivity contribution in [3.8, 4) is 6.07 Å². The third-order valence-corrected chi connectivity index (χ3v) is 5.23. The van der Waals surface area contributed by atoms with Gasteiger partial charge in [0.1, 0.15) is 0 Å². The van der Waals surface area contributed by atoms with E-state index in [4.69, 9.17) is 5.26 Å². The lowest BCUT2D eigenvalue weighted by Gasteiger charge is -2.54. The van der Waals surface area contributed by atoms with Crippen LogP contribution in [-0.4, -0.2) is 17.9 Å². The van der Waals surface area contributed by atoms with Crippen molar-refractivity contribution in [3.63, 3.8) is 0 Å². The molecule has 0 atom stereocenters. The molecule has 0 unspecified atom stereocenters.